The summed E-state index contributed by atoms with van der Waals surface area (Å²) in [4.78, 5) is 0. The van der Waals surface area contributed by atoms with Crippen LogP contribution in [0.5, 0.6) is 5.75 Å². The van der Waals surface area contributed by atoms with E-state index in [2.05, 4.69) is 38.2 Å². The van der Waals surface area contributed by atoms with E-state index in [0.717, 1.165) is 31.9 Å². The summed E-state index contributed by atoms with van der Waals surface area (Å²) < 4.78 is 11.3. The van der Waals surface area contributed by atoms with Crippen molar-refractivity contribution in [2.45, 2.75) is 39.7 Å². The molecule has 1 saturated heterocycles. The highest BCUT2D eigenvalue weighted by atomic mass is 16.5. The quantitative estimate of drug-likeness (QED) is 0.895. The van der Waals surface area contributed by atoms with E-state index < -0.39 is 0 Å². The van der Waals surface area contributed by atoms with Crippen LogP contribution in [-0.4, -0.2) is 26.9 Å². The van der Waals surface area contributed by atoms with Gasteiger partial charge in [0, 0.05) is 24.1 Å². The van der Waals surface area contributed by atoms with Crippen molar-refractivity contribution in [3.63, 3.8) is 0 Å². The van der Waals surface area contributed by atoms with Crippen LogP contribution in [0.2, 0.25) is 0 Å². The van der Waals surface area contributed by atoms with Crippen LogP contribution in [-0.2, 0) is 4.74 Å². The molecule has 1 aromatic rings. The zero-order chi connectivity index (χ0) is 14.5. The lowest BCUT2D eigenvalue weighted by molar-refractivity contribution is 0.0388. The molecule has 0 spiro atoms. The Morgan fingerprint density at radius 1 is 1.40 bits per heavy atom. The lowest BCUT2D eigenvalue weighted by Gasteiger charge is -2.33. The summed E-state index contributed by atoms with van der Waals surface area (Å²) in [5, 5.41) is 3.64. The molecule has 2 unspecified atom stereocenters. The first-order valence-electron chi connectivity index (χ1n) is 7.63. The van der Waals surface area contributed by atoms with Gasteiger partial charge >= 0.3 is 0 Å². The molecule has 2 rings (SSSR count). The Morgan fingerprint density at radius 2 is 2.20 bits per heavy atom. The summed E-state index contributed by atoms with van der Waals surface area (Å²) in [6.07, 6.45) is 2.37. The second-order valence-corrected chi connectivity index (χ2v) is 5.71. The van der Waals surface area contributed by atoms with Gasteiger partial charge in [-0.15, -0.1) is 0 Å². The molecular formula is C17H27NO2. The monoisotopic (exact) mass is 277 g/mol. The zero-order valence-electron chi connectivity index (χ0n) is 13.2. The topological polar surface area (TPSA) is 30.5 Å². The lowest BCUT2D eigenvalue weighted by Crippen LogP contribution is -2.34. The van der Waals surface area contributed by atoms with Gasteiger partial charge in [-0.3, -0.25) is 0 Å². The highest BCUT2D eigenvalue weighted by Crippen LogP contribution is 2.37. The van der Waals surface area contributed by atoms with Crippen LogP contribution in [0.3, 0.4) is 0 Å². The molecule has 20 heavy (non-hydrogen) atoms. The molecule has 0 saturated carbocycles. The fourth-order valence-electron chi connectivity index (χ4n) is 3.26. The molecule has 3 nitrogen and oxygen atoms in total. The number of hydrogen-bond acceptors (Lipinski definition) is 3. The Balaban J connectivity index is 2.37. The first kappa shape index (κ1) is 15.3. The lowest BCUT2D eigenvalue weighted by atomic mass is 9.85. The third-order valence-corrected chi connectivity index (χ3v) is 4.12. The van der Waals surface area contributed by atoms with Gasteiger partial charge in [0.1, 0.15) is 5.75 Å². The number of ether oxygens (including phenoxy) is 2. The molecule has 0 aliphatic carbocycles. The van der Waals surface area contributed by atoms with Crippen molar-refractivity contribution >= 4 is 0 Å². The van der Waals surface area contributed by atoms with E-state index in [-0.39, 0.29) is 0 Å². The highest BCUT2D eigenvalue weighted by molar-refractivity contribution is 5.45. The van der Waals surface area contributed by atoms with Crippen LogP contribution in [0.15, 0.2) is 12.1 Å². The Bertz CT molecular complexity index is 439. The first-order valence-corrected chi connectivity index (χ1v) is 7.63. The summed E-state index contributed by atoms with van der Waals surface area (Å²) in [5.74, 6) is 1.53. The molecule has 0 bridgehead atoms. The van der Waals surface area contributed by atoms with E-state index in [1.165, 1.54) is 23.1 Å². The molecule has 1 aromatic carbocycles. The predicted molar refractivity (Wildman–Crippen MR) is 82.4 cm³/mol. The molecule has 0 aromatic heterocycles. The average Bonchev–Trinajstić information content (AvgIpc) is 2.45. The second-order valence-electron chi connectivity index (χ2n) is 5.71. The highest BCUT2D eigenvalue weighted by Gasteiger charge is 2.28. The predicted octanol–water partition coefficient (Wildman–Crippen LogP) is 3.39. The molecule has 112 valence electrons. The van der Waals surface area contributed by atoms with Crippen molar-refractivity contribution in [2.75, 3.05) is 26.9 Å². The van der Waals surface area contributed by atoms with E-state index in [4.69, 9.17) is 9.47 Å². The Morgan fingerprint density at radius 3 is 2.80 bits per heavy atom. The fourth-order valence-corrected chi connectivity index (χ4v) is 3.26. The van der Waals surface area contributed by atoms with Gasteiger partial charge in [0.2, 0.25) is 0 Å². The van der Waals surface area contributed by atoms with Crippen molar-refractivity contribution in [3.8, 4) is 5.75 Å². The van der Waals surface area contributed by atoms with Crippen LogP contribution in [0.4, 0.5) is 0 Å². The van der Waals surface area contributed by atoms with Gasteiger partial charge in [-0.25, -0.2) is 0 Å². The summed E-state index contributed by atoms with van der Waals surface area (Å²) in [7, 11) is 1.76. The summed E-state index contributed by atoms with van der Waals surface area (Å²) in [6.45, 7) is 9.15. The number of methoxy groups -OCH3 is 1. The molecular weight excluding hydrogens is 250 g/mol. The SMILES string of the molecule is CCNC(c1c(C)cc(C)cc1OC)C1CCCOC1. The molecule has 0 amide bonds. The van der Waals surface area contributed by atoms with E-state index in [9.17, 15) is 0 Å². The number of nitrogens with one attached hydrogen (secondary N) is 1. The van der Waals surface area contributed by atoms with Crippen LogP contribution in [0.25, 0.3) is 0 Å². The molecule has 1 N–H and O–H groups in total. The molecule has 2 atom stereocenters. The maximum Gasteiger partial charge on any atom is 0.124 e. The standard InChI is InChI=1S/C17H27NO2/c1-5-18-17(14-7-6-8-20-11-14)16-13(3)9-12(2)10-15(16)19-4/h9-10,14,17-18H,5-8,11H2,1-4H3. The van der Waals surface area contributed by atoms with E-state index in [0.29, 0.717) is 12.0 Å². The van der Waals surface area contributed by atoms with Crippen LogP contribution in [0, 0.1) is 19.8 Å². The minimum Gasteiger partial charge on any atom is -0.496 e. The van der Waals surface area contributed by atoms with E-state index in [1.54, 1.807) is 7.11 Å². The van der Waals surface area contributed by atoms with Gasteiger partial charge in [0.15, 0.2) is 0 Å². The molecule has 3 heteroatoms. The molecule has 1 aliphatic heterocycles. The minimum atomic E-state index is 0.316. The number of aryl methyl sites for hydroxylation is 2. The number of benzene rings is 1. The van der Waals surface area contributed by atoms with Crippen molar-refractivity contribution in [1.29, 1.82) is 0 Å². The molecule has 0 radical (unpaired) electrons. The van der Waals surface area contributed by atoms with Gasteiger partial charge in [-0.05, 0) is 50.4 Å². The first-order chi connectivity index (χ1) is 9.67. The number of rotatable bonds is 5. The van der Waals surface area contributed by atoms with Crippen LogP contribution >= 0.6 is 0 Å². The van der Waals surface area contributed by atoms with Crippen molar-refractivity contribution < 1.29 is 9.47 Å². The smallest absolute Gasteiger partial charge is 0.124 e. The third-order valence-electron chi connectivity index (χ3n) is 4.12. The van der Waals surface area contributed by atoms with Crippen molar-refractivity contribution in [2.24, 2.45) is 5.92 Å². The van der Waals surface area contributed by atoms with Crippen molar-refractivity contribution in [1.82, 2.24) is 5.32 Å². The summed E-state index contributed by atoms with van der Waals surface area (Å²) >= 11 is 0. The third kappa shape index (κ3) is 3.33. The Hall–Kier alpha value is -1.06. The maximum atomic E-state index is 5.69. The van der Waals surface area contributed by atoms with Crippen LogP contribution in [0.1, 0.15) is 42.5 Å². The Labute approximate surface area is 122 Å². The van der Waals surface area contributed by atoms with E-state index in [1.807, 2.05) is 0 Å². The average molecular weight is 277 g/mol. The second kappa shape index (κ2) is 7.09. The van der Waals surface area contributed by atoms with Gasteiger partial charge in [0.25, 0.3) is 0 Å². The van der Waals surface area contributed by atoms with Gasteiger partial charge in [-0.1, -0.05) is 13.0 Å². The largest absolute Gasteiger partial charge is 0.496 e. The van der Waals surface area contributed by atoms with Crippen LogP contribution < -0.4 is 10.1 Å². The summed E-state index contributed by atoms with van der Waals surface area (Å²) in [5.41, 5.74) is 3.85. The normalized spacial score (nSPS) is 20.7. The molecule has 1 fully saturated rings. The van der Waals surface area contributed by atoms with E-state index >= 15 is 0 Å². The van der Waals surface area contributed by atoms with Crippen molar-refractivity contribution in [3.05, 3.63) is 28.8 Å². The summed E-state index contributed by atoms with van der Waals surface area (Å²) in [6, 6.07) is 4.69. The maximum absolute atomic E-state index is 5.69. The fraction of sp³-hybridized carbons (Fsp3) is 0.647. The van der Waals surface area contributed by atoms with Gasteiger partial charge < -0.3 is 14.8 Å². The van der Waals surface area contributed by atoms with Gasteiger partial charge in [-0.2, -0.15) is 0 Å². The molecule has 1 aliphatic rings. The zero-order valence-corrected chi connectivity index (χ0v) is 13.2. The van der Waals surface area contributed by atoms with Gasteiger partial charge in [0.05, 0.1) is 13.7 Å². The molecule has 1 heterocycles. The number of hydrogen-bond donors (Lipinski definition) is 1. The minimum absolute atomic E-state index is 0.316. The Kier molecular flexibility index (Phi) is 5.44.